The van der Waals surface area contributed by atoms with Crippen molar-refractivity contribution in [2.45, 2.75) is 24.2 Å². The van der Waals surface area contributed by atoms with E-state index in [0.717, 1.165) is 33.7 Å². The smallest absolute Gasteiger partial charge is 0.227 e. The minimum absolute atomic E-state index is 0.259. The number of nitrogens with one attached hydrogen (secondary N) is 1. The van der Waals surface area contributed by atoms with Gasteiger partial charge >= 0.3 is 0 Å². The van der Waals surface area contributed by atoms with Crippen LogP contribution in [0.3, 0.4) is 0 Å². The Morgan fingerprint density at radius 1 is 0.973 bits per heavy atom. The molecule has 1 N–H and O–H groups in total. The third-order valence-electron chi connectivity index (χ3n) is 6.70. The number of fused-ring (bicyclic) bond motifs is 3. The van der Waals surface area contributed by atoms with E-state index in [1.165, 1.54) is 17.3 Å². The molecule has 0 fully saturated rings. The minimum atomic E-state index is -0.433. The third-order valence-corrected chi connectivity index (χ3v) is 7.47. The van der Waals surface area contributed by atoms with Crippen molar-refractivity contribution in [3.63, 3.8) is 0 Å². The number of ether oxygens (including phenoxy) is 3. The molecular weight excluding hydrogens is 508 g/mol. The Balaban J connectivity index is 1.62. The highest BCUT2D eigenvalue weighted by atomic mass is 35.5. The van der Waals surface area contributed by atoms with Gasteiger partial charge in [0.2, 0.25) is 11.1 Å². The van der Waals surface area contributed by atoms with Gasteiger partial charge in [-0.1, -0.05) is 59.3 Å². The van der Waals surface area contributed by atoms with Crippen molar-refractivity contribution in [1.82, 2.24) is 14.8 Å². The number of rotatable bonds is 5. The van der Waals surface area contributed by atoms with E-state index in [1.807, 2.05) is 47.3 Å². The highest BCUT2D eigenvalue weighted by molar-refractivity contribution is 7.98. The van der Waals surface area contributed by atoms with Gasteiger partial charge in [0.15, 0.2) is 11.5 Å². The zero-order valence-corrected chi connectivity index (χ0v) is 22.4. The van der Waals surface area contributed by atoms with Crippen LogP contribution >= 0.6 is 23.4 Å². The number of nitrogens with zero attached hydrogens (tertiary/aromatic N) is 3. The van der Waals surface area contributed by atoms with Gasteiger partial charge in [-0.15, -0.1) is 5.10 Å². The molecule has 3 aromatic carbocycles. The normalized spacial score (nSPS) is 17.8. The Hall–Kier alpha value is -3.62. The van der Waals surface area contributed by atoms with E-state index in [1.54, 1.807) is 14.2 Å². The number of halogens is 1. The van der Waals surface area contributed by atoms with Crippen LogP contribution in [-0.2, 0) is 0 Å². The number of hydrogen-bond acceptors (Lipinski definition) is 7. The first kappa shape index (κ1) is 23.8. The van der Waals surface area contributed by atoms with Crippen LogP contribution in [0.5, 0.6) is 17.2 Å². The van der Waals surface area contributed by atoms with E-state index < -0.39 is 6.10 Å². The lowest BCUT2D eigenvalue weighted by Crippen LogP contribution is -2.32. The number of hydrogen-bond donors (Lipinski definition) is 1. The van der Waals surface area contributed by atoms with Crippen molar-refractivity contribution in [3.8, 4) is 17.2 Å². The van der Waals surface area contributed by atoms with Gasteiger partial charge < -0.3 is 19.5 Å². The maximum atomic E-state index is 6.72. The van der Waals surface area contributed by atoms with Gasteiger partial charge in [0, 0.05) is 21.7 Å². The van der Waals surface area contributed by atoms with Gasteiger partial charge in [0.25, 0.3) is 0 Å². The molecule has 0 saturated carbocycles. The van der Waals surface area contributed by atoms with E-state index in [9.17, 15) is 0 Å². The van der Waals surface area contributed by atoms with Crippen molar-refractivity contribution in [1.29, 1.82) is 0 Å². The summed E-state index contributed by atoms with van der Waals surface area (Å²) in [4.78, 5) is 4.76. The maximum absolute atomic E-state index is 6.72. The summed E-state index contributed by atoms with van der Waals surface area (Å²) in [6, 6.07) is 19.8. The summed E-state index contributed by atoms with van der Waals surface area (Å²) < 4.78 is 19.8. The van der Waals surface area contributed by atoms with Crippen LogP contribution in [0.2, 0.25) is 5.02 Å². The Labute approximate surface area is 224 Å². The first-order valence-electron chi connectivity index (χ1n) is 11.8. The molecule has 0 radical (unpaired) electrons. The second kappa shape index (κ2) is 9.36. The standard InChI is InChI=1S/C28H25ClN4O3S/c1-15-5-7-16(8-6-15)25-23-24(30-27-31-28(37-4)32-33(25)27)19-14-18(29)10-12-20(19)36-26(23)17-9-11-21(34-2)22(13-17)35-3/h5-14,25-26H,1-4H3,(H,30,31,32)/t25-,26-/m1/s1. The molecule has 7 nitrogen and oxygen atoms in total. The highest BCUT2D eigenvalue weighted by Crippen LogP contribution is 2.52. The van der Waals surface area contributed by atoms with Gasteiger partial charge in [-0.05, 0) is 49.1 Å². The Bertz CT molecular complexity index is 1530. The lowest BCUT2D eigenvalue weighted by atomic mass is 9.84. The molecule has 1 aromatic heterocycles. The molecule has 4 aromatic rings. The average Bonchev–Trinajstić information content (AvgIpc) is 3.35. The average molecular weight is 533 g/mol. The molecule has 6 rings (SSSR count). The predicted octanol–water partition coefficient (Wildman–Crippen LogP) is 6.54. The molecule has 3 heterocycles. The fraction of sp³-hybridized carbons (Fsp3) is 0.214. The molecule has 188 valence electrons. The summed E-state index contributed by atoms with van der Waals surface area (Å²) in [7, 11) is 3.26. The van der Waals surface area contributed by atoms with Crippen LogP contribution in [0, 0.1) is 6.92 Å². The largest absolute Gasteiger partial charge is 0.493 e. The Kier molecular flexibility index (Phi) is 6.01. The van der Waals surface area contributed by atoms with E-state index >= 15 is 0 Å². The van der Waals surface area contributed by atoms with Crippen molar-refractivity contribution in [3.05, 3.63) is 93.5 Å². The van der Waals surface area contributed by atoms with Gasteiger partial charge in [0.1, 0.15) is 17.9 Å². The molecule has 0 aliphatic carbocycles. The maximum Gasteiger partial charge on any atom is 0.227 e. The van der Waals surface area contributed by atoms with Crippen LogP contribution in [0.1, 0.15) is 34.4 Å². The molecule has 9 heteroatoms. The summed E-state index contributed by atoms with van der Waals surface area (Å²) in [6.07, 6.45) is 1.54. The van der Waals surface area contributed by atoms with E-state index in [0.29, 0.717) is 27.6 Å². The van der Waals surface area contributed by atoms with Crippen LogP contribution < -0.4 is 19.5 Å². The lowest BCUT2D eigenvalue weighted by molar-refractivity contribution is 0.222. The van der Waals surface area contributed by atoms with Crippen LogP contribution in [0.25, 0.3) is 5.70 Å². The monoisotopic (exact) mass is 532 g/mol. The SMILES string of the molecule is COc1ccc([C@H]2Oc3ccc(Cl)cc3C3=C2[C@@H](c2ccc(C)cc2)n2nc(SC)nc2N3)cc1OC. The molecule has 0 saturated heterocycles. The molecule has 0 spiro atoms. The summed E-state index contributed by atoms with van der Waals surface area (Å²) >= 11 is 7.96. The van der Waals surface area contributed by atoms with Crippen LogP contribution in [0.15, 0.2) is 71.4 Å². The summed E-state index contributed by atoms with van der Waals surface area (Å²) in [5.74, 6) is 2.70. The van der Waals surface area contributed by atoms with E-state index in [4.69, 9.17) is 35.9 Å². The first-order valence-corrected chi connectivity index (χ1v) is 13.4. The molecule has 2 aliphatic rings. The third kappa shape index (κ3) is 4.01. The molecule has 0 unspecified atom stereocenters. The van der Waals surface area contributed by atoms with Crippen molar-refractivity contribution in [2.24, 2.45) is 0 Å². The zero-order valence-electron chi connectivity index (χ0n) is 20.8. The lowest BCUT2D eigenvalue weighted by Gasteiger charge is -2.39. The number of aromatic nitrogens is 3. The second-order valence-electron chi connectivity index (χ2n) is 8.89. The molecule has 0 bridgehead atoms. The van der Waals surface area contributed by atoms with E-state index in [-0.39, 0.29) is 6.04 Å². The Morgan fingerprint density at radius 2 is 1.73 bits per heavy atom. The fourth-order valence-corrected chi connectivity index (χ4v) is 5.45. The second-order valence-corrected chi connectivity index (χ2v) is 10.1. The number of aryl methyl sites for hydroxylation is 1. The summed E-state index contributed by atoms with van der Waals surface area (Å²) in [5, 5.41) is 9.73. The quantitative estimate of drug-likeness (QED) is 0.293. The number of anilines is 1. The van der Waals surface area contributed by atoms with Crippen LogP contribution in [-0.4, -0.2) is 35.2 Å². The van der Waals surface area contributed by atoms with Gasteiger partial charge in [-0.3, -0.25) is 0 Å². The molecular formula is C28H25ClN4O3S. The molecule has 0 amide bonds. The van der Waals surface area contributed by atoms with Gasteiger partial charge in [-0.25, -0.2) is 4.68 Å². The van der Waals surface area contributed by atoms with Crippen molar-refractivity contribution < 1.29 is 14.2 Å². The van der Waals surface area contributed by atoms with Gasteiger partial charge in [-0.2, -0.15) is 4.98 Å². The number of benzene rings is 3. The number of thioether (sulfide) groups is 1. The Morgan fingerprint density at radius 3 is 2.46 bits per heavy atom. The topological polar surface area (TPSA) is 70.4 Å². The van der Waals surface area contributed by atoms with E-state index in [2.05, 4.69) is 36.5 Å². The summed E-state index contributed by atoms with van der Waals surface area (Å²) in [5.41, 5.74) is 6.01. The highest BCUT2D eigenvalue weighted by Gasteiger charge is 2.41. The van der Waals surface area contributed by atoms with Crippen LogP contribution in [0.4, 0.5) is 5.95 Å². The van der Waals surface area contributed by atoms with Gasteiger partial charge in [0.05, 0.1) is 19.9 Å². The fourth-order valence-electron chi connectivity index (χ4n) is 4.93. The molecule has 37 heavy (non-hydrogen) atoms. The zero-order chi connectivity index (χ0) is 25.7. The predicted molar refractivity (Wildman–Crippen MR) is 146 cm³/mol. The number of methoxy groups -OCH3 is 2. The van der Waals surface area contributed by atoms with Crippen molar-refractivity contribution in [2.75, 3.05) is 25.8 Å². The first-order chi connectivity index (χ1) is 18.0. The summed E-state index contributed by atoms with van der Waals surface area (Å²) in [6.45, 7) is 2.08. The minimum Gasteiger partial charge on any atom is -0.493 e. The van der Waals surface area contributed by atoms with Crippen molar-refractivity contribution >= 4 is 35.0 Å². The molecule has 2 aliphatic heterocycles. The molecule has 2 atom stereocenters.